The number of thiazole rings is 1. The van der Waals surface area contributed by atoms with Gasteiger partial charge in [0.25, 0.3) is 0 Å². The Morgan fingerprint density at radius 1 is 1.19 bits per heavy atom. The summed E-state index contributed by atoms with van der Waals surface area (Å²) < 4.78 is 32.4. The number of nitrogens with zero attached hydrogens (tertiary/aromatic N) is 2. The lowest BCUT2D eigenvalue weighted by Crippen LogP contribution is -2.48. The number of ether oxygens (including phenoxy) is 1. The average Bonchev–Trinajstić information content (AvgIpc) is 3.17. The third-order valence-electron chi connectivity index (χ3n) is 4.90. The molecule has 1 aliphatic rings. The number of hydrogen-bond donors (Lipinski definition) is 2. The van der Waals surface area contributed by atoms with Crippen LogP contribution >= 0.6 is 11.3 Å². The van der Waals surface area contributed by atoms with E-state index in [0.29, 0.717) is 30.2 Å². The summed E-state index contributed by atoms with van der Waals surface area (Å²) in [5, 5.41) is 2.54. The molecule has 11 heteroatoms. The third kappa shape index (κ3) is 6.02. The van der Waals surface area contributed by atoms with Crippen molar-refractivity contribution in [3.8, 4) is 5.75 Å². The predicted octanol–water partition coefficient (Wildman–Crippen LogP) is 1.64. The number of carbonyl (C=O) groups is 2. The third-order valence-corrected chi connectivity index (χ3v) is 7.78. The summed E-state index contributed by atoms with van der Waals surface area (Å²) in [6, 6.07) is 6.32. The first-order chi connectivity index (χ1) is 14.8. The van der Waals surface area contributed by atoms with Crippen LogP contribution in [-0.2, 0) is 26.0 Å². The van der Waals surface area contributed by atoms with E-state index >= 15 is 0 Å². The Labute approximate surface area is 185 Å². The molecule has 168 valence electrons. The Hall–Kier alpha value is -2.50. The largest absolute Gasteiger partial charge is 0.494 e. The smallest absolute Gasteiger partial charge is 0.245 e. The zero-order valence-corrected chi connectivity index (χ0v) is 19.1. The normalized spacial score (nSPS) is 15.4. The van der Waals surface area contributed by atoms with Crippen LogP contribution in [0.1, 0.15) is 30.5 Å². The number of benzene rings is 1. The lowest BCUT2D eigenvalue weighted by Gasteiger charge is -2.30. The zero-order chi connectivity index (χ0) is 22.4. The molecule has 2 heterocycles. The summed E-state index contributed by atoms with van der Waals surface area (Å²) in [7, 11) is -3.63. The SMILES string of the molecule is CCOc1ccc(S(=O)(=O)N2CCC(C(=O)NNC(=O)Cc3nc(C)cs3)CC2)cc1. The number of hydrazine groups is 1. The van der Waals surface area contributed by atoms with Crippen molar-refractivity contribution in [2.75, 3.05) is 19.7 Å². The molecule has 1 aromatic heterocycles. The highest BCUT2D eigenvalue weighted by atomic mass is 32.2. The Morgan fingerprint density at radius 2 is 1.87 bits per heavy atom. The van der Waals surface area contributed by atoms with Crippen molar-refractivity contribution in [1.82, 2.24) is 20.1 Å². The number of sulfonamides is 1. The molecule has 31 heavy (non-hydrogen) atoms. The van der Waals surface area contributed by atoms with Crippen LogP contribution < -0.4 is 15.6 Å². The second kappa shape index (κ2) is 10.2. The predicted molar refractivity (Wildman–Crippen MR) is 116 cm³/mol. The van der Waals surface area contributed by atoms with E-state index in [1.54, 1.807) is 12.1 Å². The highest BCUT2D eigenvalue weighted by Gasteiger charge is 2.32. The summed E-state index contributed by atoms with van der Waals surface area (Å²) in [6.07, 6.45) is 0.852. The lowest BCUT2D eigenvalue weighted by atomic mass is 9.98. The van der Waals surface area contributed by atoms with Gasteiger partial charge in [-0.3, -0.25) is 20.4 Å². The monoisotopic (exact) mass is 466 g/mol. The molecular weight excluding hydrogens is 440 g/mol. The van der Waals surface area contributed by atoms with Crippen LogP contribution in [-0.4, -0.2) is 49.2 Å². The van der Waals surface area contributed by atoms with Crippen molar-refractivity contribution >= 4 is 33.2 Å². The molecule has 0 unspecified atom stereocenters. The van der Waals surface area contributed by atoms with Gasteiger partial charge in [-0.05, 0) is 51.0 Å². The first-order valence-corrected chi connectivity index (χ1v) is 12.3. The zero-order valence-electron chi connectivity index (χ0n) is 17.5. The Morgan fingerprint density at radius 3 is 2.45 bits per heavy atom. The molecule has 0 aliphatic carbocycles. The minimum Gasteiger partial charge on any atom is -0.494 e. The van der Waals surface area contributed by atoms with Crippen molar-refractivity contribution in [3.63, 3.8) is 0 Å². The van der Waals surface area contributed by atoms with E-state index in [4.69, 9.17) is 4.74 Å². The minimum atomic E-state index is -3.63. The molecule has 2 N–H and O–H groups in total. The van der Waals surface area contributed by atoms with E-state index in [2.05, 4.69) is 15.8 Å². The van der Waals surface area contributed by atoms with Crippen LogP contribution in [0.4, 0.5) is 0 Å². The van der Waals surface area contributed by atoms with Crippen LogP contribution in [0.15, 0.2) is 34.5 Å². The fourth-order valence-corrected chi connectivity index (χ4v) is 5.52. The van der Waals surface area contributed by atoms with Crippen molar-refractivity contribution in [2.45, 2.75) is 38.0 Å². The van der Waals surface area contributed by atoms with Gasteiger partial charge in [0.15, 0.2) is 0 Å². The fourth-order valence-electron chi connectivity index (χ4n) is 3.28. The van der Waals surface area contributed by atoms with Crippen LogP contribution in [0.2, 0.25) is 0 Å². The number of piperidine rings is 1. The first kappa shape index (κ1) is 23.2. The second-order valence-corrected chi connectivity index (χ2v) is 10.1. The molecule has 0 radical (unpaired) electrons. The highest BCUT2D eigenvalue weighted by molar-refractivity contribution is 7.89. The van der Waals surface area contributed by atoms with Crippen LogP contribution in [0.5, 0.6) is 5.75 Å². The Bertz CT molecular complexity index is 1010. The van der Waals surface area contributed by atoms with E-state index in [0.717, 1.165) is 5.69 Å². The van der Waals surface area contributed by atoms with E-state index in [9.17, 15) is 18.0 Å². The van der Waals surface area contributed by atoms with Gasteiger partial charge in [0.1, 0.15) is 10.8 Å². The van der Waals surface area contributed by atoms with Crippen LogP contribution in [0, 0.1) is 12.8 Å². The Kier molecular flexibility index (Phi) is 7.63. The number of amides is 2. The number of aromatic nitrogens is 1. The maximum Gasteiger partial charge on any atom is 0.245 e. The quantitative estimate of drug-likeness (QED) is 0.599. The summed E-state index contributed by atoms with van der Waals surface area (Å²) in [4.78, 5) is 28.7. The molecular formula is C20H26N4O5S2. The number of hydrogen-bond acceptors (Lipinski definition) is 7. The van der Waals surface area contributed by atoms with E-state index < -0.39 is 10.0 Å². The second-order valence-electron chi connectivity index (χ2n) is 7.18. The first-order valence-electron chi connectivity index (χ1n) is 10.0. The van der Waals surface area contributed by atoms with Crippen molar-refractivity contribution in [3.05, 3.63) is 40.3 Å². The molecule has 0 bridgehead atoms. The van der Waals surface area contributed by atoms with Gasteiger partial charge in [0.05, 0.1) is 17.9 Å². The molecule has 0 atom stereocenters. The maximum atomic E-state index is 12.8. The lowest BCUT2D eigenvalue weighted by molar-refractivity contribution is -0.131. The van der Waals surface area contributed by atoms with Gasteiger partial charge in [-0.1, -0.05) is 0 Å². The molecule has 1 fully saturated rings. The summed E-state index contributed by atoms with van der Waals surface area (Å²) in [5.74, 6) is -0.418. The van der Waals surface area contributed by atoms with Crippen molar-refractivity contribution in [1.29, 1.82) is 0 Å². The van der Waals surface area contributed by atoms with Gasteiger partial charge in [0.2, 0.25) is 21.8 Å². The average molecular weight is 467 g/mol. The van der Waals surface area contributed by atoms with Crippen molar-refractivity contribution < 1.29 is 22.7 Å². The molecule has 1 saturated heterocycles. The molecule has 9 nitrogen and oxygen atoms in total. The molecule has 1 aromatic carbocycles. The van der Waals surface area contributed by atoms with E-state index in [-0.39, 0.29) is 42.1 Å². The molecule has 0 saturated carbocycles. The van der Waals surface area contributed by atoms with Gasteiger partial charge in [-0.2, -0.15) is 4.31 Å². The van der Waals surface area contributed by atoms with Gasteiger partial charge in [-0.15, -0.1) is 11.3 Å². The summed E-state index contributed by atoms with van der Waals surface area (Å²) in [5.41, 5.74) is 5.69. The van der Waals surface area contributed by atoms with Gasteiger partial charge in [0, 0.05) is 30.1 Å². The Balaban J connectivity index is 1.47. The van der Waals surface area contributed by atoms with Crippen LogP contribution in [0.3, 0.4) is 0 Å². The van der Waals surface area contributed by atoms with Crippen molar-refractivity contribution in [2.24, 2.45) is 5.92 Å². The number of aryl methyl sites for hydroxylation is 1. The van der Waals surface area contributed by atoms with E-state index in [1.807, 2.05) is 19.2 Å². The molecule has 0 spiro atoms. The topological polar surface area (TPSA) is 118 Å². The molecule has 2 aromatic rings. The minimum absolute atomic E-state index is 0.0948. The molecule has 3 rings (SSSR count). The standard InChI is InChI=1S/C20H26N4O5S2/c1-3-29-16-4-6-17(7-5-16)31(27,28)24-10-8-15(9-11-24)20(26)23-22-18(25)12-19-21-14(2)13-30-19/h4-7,13,15H,3,8-12H2,1-2H3,(H,22,25)(H,23,26). The van der Waals surface area contributed by atoms with Gasteiger partial charge >= 0.3 is 0 Å². The maximum absolute atomic E-state index is 12.8. The number of carbonyl (C=O) groups excluding carboxylic acids is 2. The van der Waals surface area contributed by atoms with E-state index in [1.165, 1.54) is 27.8 Å². The summed E-state index contributed by atoms with van der Waals surface area (Å²) >= 11 is 1.39. The fraction of sp³-hybridized carbons (Fsp3) is 0.450. The highest BCUT2D eigenvalue weighted by Crippen LogP contribution is 2.25. The number of rotatable bonds is 7. The van der Waals surface area contributed by atoms with Gasteiger partial charge in [-0.25, -0.2) is 13.4 Å². The van der Waals surface area contributed by atoms with Crippen LogP contribution in [0.25, 0.3) is 0 Å². The molecule has 1 aliphatic heterocycles. The summed E-state index contributed by atoms with van der Waals surface area (Å²) in [6.45, 7) is 4.69. The number of nitrogens with one attached hydrogen (secondary N) is 2. The van der Waals surface area contributed by atoms with Gasteiger partial charge < -0.3 is 4.74 Å². The molecule has 2 amide bonds.